The van der Waals surface area contributed by atoms with Crippen LogP contribution >= 0.6 is 35.6 Å². The van der Waals surface area contributed by atoms with Gasteiger partial charge < -0.3 is 4.74 Å². The van der Waals surface area contributed by atoms with Gasteiger partial charge in [0, 0.05) is 17.2 Å². The summed E-state index contributed by atoms with van der Waals surface area (Å²) in [5.74, 6) is 0.713. The minimum absolute atomic E-state index is 0. The van der Waals surface area contributed by atoms with Gasteiger partial charge in [-0.1, -0.05) is 29.3 Å². The second-order valence-electron chi connectivity index (χ2n) is 3.31. The van der Waals surface area contributed by atoms with E-state index in [1.165, 1.54) is 7.14 Å². The zero-order valence-corrected chi connectivity index (χ0v) is 14.0. The molecule has 0 radical (unpaired) electrons. The minimum Gasteiger partial charge on any atom is -0.495 e. The average molecular weight is 416 g/mol. The van der Waals surface area contributed by atoms with Crippen LogP contribution in [0.2, 0.25) is 10.0 Å². The van der Waals surface area contributed by atoms with Gasteiger partial charge in [0.25, 0.3) is 0 Å². The van der Waals surface area contributed by atoms with Crippen LogP contribution in [0.4, 0.5) is 0 Å². The van der Waals surface area contributed by atoms with Crippen molar-refractivity contribution in [3.8, 4) is 5.75 Å². The molecule has 96 valence electrons. The molecule has 2 rings (SSSR count). The van der Waals surface area contributed by atoms with E-state index in [9.17, 15) is 0 Å². The number of ether oxygens (including phenoxy) is 1. The summed E-state index contributed by atoms with van der Waals surface area (Å²) in [6.45, 7) is 0. The molecule has 0 saturated heterocycles. The molecule has 5 heteroatoms. The molecule has 0 aliphatic rings. The minimum atomic E-state index is -0.247. The van der Waals surface area contributed by atoms with E-state index in [0.717, 1.165) is 5.02 Å². The summed E-state index contributed by atoms with van der Waals surface area (Å²) in [7, 11) is 1.62. The molecule has 0 heterocycles. The molecule has 18 heavy (non-hydrogen) atoms. The molecule has 0 bridgehead atoms. The molecule has 2 aromatic rings. The first-order valence-corrected chi connectivity index (χ1v) is 7.84. The van der Waals surface area contributed by atoms with Crippen molar-refractivity contribution in [1.82, 2.24) is 0 Å². The van der Waals surface area contributed by atoms with E-state index in [2.05, 4.69) is 12.1 Å². The van der Waals surface area contributed by atoms with Crippen LogP contribution in [0.1, 0.15) is 0 Å². The molecule has 0 N–H and O–H groups in total. The van der Waals surface area contributed by atoms with Crippen molar-refractivity contribution in [2.75, 3.05) is 7.11 Å². The highest BCUT2D eigenvalue weighted by atomic mass is 127. The molecule has 0 saturated carbocycles. The van der Waals surface area contributed by atoms with Crippen molar-refractivity contribution in [3.63, 3.8) is 0 Å². The first-order valence-electron chi connectivity index (χ1n) is 4.93. The fourth-order valence-corrected chi connectivity index (χ4v) is 4.58. The summed E-state index contributed by atoms with van der Waals surface area (Å²) in [5, 5.41) is 1.44. The van der Waals surface area contributed by atoms with Crippen LogP contribution in [0, 0.1) is 7.14 Å². The van der Waals surface area contributed by atoms with Crippen LogP contribution in [0.5, 0.6) is 5.75 Å². The second-order valence-corrected chi connectivity index (χ2v) is 7.19. The summed E-state index contributed by atoms with van der Waals surface area (Å²) in [6.07, 6.45) is 0. The smallest absolute Gasteiger partial charge is 0.358 e. The lowest BCUT2D eigenvalue weighted by Gasteiger charge is -2.00. The SMILES string of the molecule is COc1ccc([I+]c2cccc(Cl)c2)cc1Cl.Cl. The van der Waals surface area contributed by atoms with Gasteiger partial charge in [-0.2, -0.15) is 0 Å². The van der Waals surface area contributed by atoms with Crippen molar-refractivity contribution in [2.45, 2.75) is 0 Å². The largest absolute Gasteiger partial charge is 0.495 e. The molecule has 1 nitrogen and oxygen atoms in total. The van der Waals surface area contributed by atoms with Gasteiger partial charge in [-0.05, 0) is 24.3 Å². The lowest BCUT2D eigenvalue weighted by molar-refractivity contribution is -0.597. The Morgan fingerprint density at radius 2 is 1.72 bits per heavy atom. The Balaban J connectivity index is 0.00000162. The molecule has 0 fully saturated rings. The van der Waals surface area contributed by atoms with Gasteiger partial charge in [0.2, 0.25) is 0 Å². The molecule has 0 aromatic heterocycles. The number of hydrogen-bond acceptors (Lipinski definition) is 1. The maximum atomic E-state index is 6.09. The summed E-state index contributed by atoms with van der Waals surface area (Å²) < 4.78 is 7.65. The van der Waals surface area contributed by atoms with Crippen LogP contribution in [0.25, 0.3) is 0 Å². The van der Waals surface area contributed by atoms with E-state index in [4.69, 9.17) is 27.9 Å². The second kappa shape index (κ2) is 7.43. The topological polar surface area (TPSA) is 9.23 Å². The van der Waals surface area contributed by atoms with Gasteiger partial charge in [-0.3, -0.25) is 0 Å². The lowest BCUT2D eigenvalue weighted by Crippen LogP contribution is -3.61. The van der Waals surface area contributed by atoms with Gasteiger partial charge >= 0.3 is 21.2 Å². The van der Waals surface area contributed by atoms with E-state index in [0.29, 0.717) is 10.8 Å². The van der Waals surface area contributed by atoms with Gasteiger partial charge in [0.1, 0.15) is 5.75 Å². The van der Waals surface area contributed by atoms with E-state index >= 15 is 0 Å². The first kappa shape index (κ1) is 15.9. The number of benzene rings is 2. The van der Waals surface area contributed by atoms with Gasteiger partial charge in [-0.25, -0.2) is 0 Å². The number of methoxy groups -OCH3 is 1. The average Bonchev–Trinajstić information content (AvgIpc) is 2.29. The molecular formula is C13H11Cl3IO+. The highest BCUT2D eigenvalue weighted by Gasteiger charge is 2.17. The van der Waals surface area contributed by atoms with E-state index in [1.807, 2.05) is 30.3 Å². The Hall–Kier alpha value is -0.160. The van der Waals surface area contributed by atoms with Crippen molar-refractivity contribution in [1.29, 1.82) is 0 Å². The number of rotatable bonds is 3. The zero-order chi connectivity index (χ0) is 12.3. The Morgan fingerprint density at radius 3 is 2.33 bits per heavy atom. The summed E-state index contributed by atoms with van der Waals surface area (Å²) in [5.41, 5.74) is 0. The van der Waals surface area contributed by atoms with Crippen molar-refractivity contribution < 1.29 is 25.9 Å². The quantitative estimate of drug-likeness (QED) is 0.690. The van der Waals surface area contributed by atoms with Crippen LogP contribution in [0.3, 0.4) is 0 Å². The van der Waals surface area contributed by atoms with Gasteiger partial charge in [0.05, 0.1) is 12.1 Å². The fraction of sp³-hybridized carbons (Fsp3) is 0.0769. The Labute approximate surface area is 133 Å². The van der Waals surface area contributed by atoms with Gasteiger partial charge in [0.15, 0.2) is 7.14 Å². The predicted octanol–water partition coefficient (Wildman–Crippen LogP) is 1.55. The lowest BCUT2D eigenvalue weighted by atomic mass is 10.3. The van der Waals surface area contributed by atoms with Crippen LogP contribution in [-0.2, 0) is 0 Å². The zero-order valence-electron chi connectivity index (χ0n) is 9.49. The molecule has 2 aromatic carbocycles. The maximum Gasteiger partial charge on any atom is 0.358 e. The summed E-state index contributed by atoms with van der Waals surface area (Å²) >= 11 is 11.8. The monoisotopic (exact) mass is 415 g/mol. The van der Waals surface area contributed by atoms with Crippen molar-refractivity contribution in [2.24, 2.45) is 0 Å². The maximum absolute atomic E-state index is 6.09. The molecular weight excluding hydrogens is 405 g/mol. The van der Waals surface area contributed by atoms with Crippen LogP contribution in [-0.4, -0.2) is 7.11 Å². The first-order chi connectivity index (χ1) is 8.19. The molecule has 0 amide bonds. The molecule has 0 spiro atoms. The van der Waals surface area contributed by atoms with Crippen LogP contribution in [0.15, 0.2) is 42.5 Å². The number of halogens is 4. The van der Waals surface area contributed by atoms with Crippen LogP contribution < -0.4 is 25.9 Å². The Kier molecular flexibility index (Phi) is 6.57. The van der Waals surface area contributed by atoms with Crippen molar-refractivity contribution >= 4 is 35.6 Å². The van der Waals surface area contributed by atoms with E-state index < -0.39 is 0 Å². The Morgan fingerprint density at radius 1 is 1.00 bits per heavy atom. The standard InChI is InChI=1S/C13H10Cl2IO.ClH/c1-17-13-6-5-11(8-12(13)15)16-10-4-2-3-9(14)7-10;/h2-8H,1H3;1H/q+1;. The number of hydrogen-bond donors (Lipinski definition) is 0. The third kappa shape index (κ3) is 4.19. The fourth-order valence-electron chi connectivity index (χ4n) is 1.34. The predicted molar refractivity (Wildman–Crippen MR) is 74.1 cm³/mol. The van der Waals surface area contributed by atoms with E-state index in [-0.39, 0.29) is 33.6 Å². The molecule has 0 atom stereocenters. The molecule has 0 aliphatic heterocycles. The summed E-state index contributed by atoms with van der Waals surface area (Å²) in [4.78, 5) is 0. The van der Waals surface area contributed by atoms with Gasteiger partial charge in [-0.15, -0.1) is 12.4 Å². The highest BCUT2D eigenvalue weighted by molar-refractivity contribution is 6.32. The summed E-state index contributed by atoms with van der Waals surface area (Å²) in [6, 6.07) is 13.9. The third-order valence-corrected chi connectivity index (χ3v) is 5.24. The normalized spacial score (nSPS) is 9.72. The molecule has 0 aliphatic carbocycles. The van der Waals surface area contributed by atoms with Crippen molar-refractivity contribution in [3.05, 3.63) is 59.7 Å². The van der Waals surface area contributed by atoms with E-state index in [1.54, 1.807) is 7.11 Å². The Bertz CT molecular complexity index is 531. The third-order valence-electron chi connectivity index (χ3n) is 2.12. The molecule has 0 unspecified atom stereocenters. The highest BCUT2D eigenvalue weighted by Crippen LogP contribution is 2.22.